The largest absolute Gasteiger partial charge is 0.444 e. The molecule has 0 aliphatic carbocycles. The summed E-state index contributed by atoms with van der Waals surface area (Å²) in [6.07, 6.45) is -1.57. The van der Waals surface area contributed by atoms with E-state index in [1.54, 1.807) is 35.1 Å². The number of aryl methyl sites for hydroxylation is 2. The lowest BCUT2D eigenvalue weighted by Crippen LogP contribution is -2.57. The van der Waals surface area contributed by atoms with Crippen LogP contribution >= 0.6 is 0 Å². The van der Waals surface area contributed by atoms with Gasteiger partial charge in [-0.05, 0) is 85.1 Å². The number of nitrogens with zero attached hydrogens (tertiary/aromatic N) is 13. The van der Waals surface area contributed by atoms with Gasteiger partial charge in [-0.25, -0.2) is 9.59 Å². The minimum atomic E-state index is -4.51. The molecule has 0 radical (unpaired) electrons. The average molecular weight is 1110 g/mol. The molecule has 8 aliphatic heterocycles. The van der Waals surface area contributed by atoms with Crippen LogP contribution in [0.25, 0.3) is 11.6 Å². The van der Waals surface area contributed by atoms with Crippen molar-refractivity contribution in [2.45, 2.75) is 136 Å². The third kappa shape index (κ3) is 11.6. The normalized spacial score (nSPS) is 21.4. The number of benzene rings is 1. The van der Waals surface area contributed by atoms with E-state index in [0.29, 0.717) is 113 Å². The van der Waals surface area contributed by atoms with E-state index in [2.05, 4.69) is 30.4 Å². The fraction of sp³-hybridized carbons (Fsp3) is 0.635. The molecule has 8 saturated heterocycles. The van der Waals surface area contributed by atoms with Crippen LogP contribution in [-0.4, -0.2) is 181 Å². The van der Waals surface area contributed by atoms with Gasteiger partial charge in [-0.2, -0.15) is 32.2 Å². The number of hydrogen-bond acceptors (Lipinski definition) is 17. The third-order valence-corrected chi connectivity index (χ3v) is 14.8. The Morgan fingerprint density at radius 1 is 0.684 bits per heavy atom. The molecule has 12 heterocycles. The van der Waals surface area contributed by atoms with Gasteiger partial charge in [-0.3, -0.25) is 14.4 Å². The number of nitrogens with one attached hydrogen (secondary N) is 2. The fourth-order valence-corrected chi connectivity index (χ4v) is 10.9. The number of piperidine rings is 2. The molecule has 0 saturated carbocycles. The van der Waals surface area contributed by atoms with Gasteiger partial charge >= 0.3 is 18.4 Å². The van der Waals surface area contributed by atoms with Crippen LogP contribution in [0.1, 0.15) is 90.7 Å². The highest BCUT2D eigenvalue weighted by Gasteiger charge is 2.42. The monoisotopic (exact) mass is 1110 g/mol. The summed E-state index contributed by atoms with van der Waals surface area (Å²) in [4.78, 5) is 90.1. The van der Waals surface area contributed by atoms with Crippen molar-refractivity contribution in [1.82, 2.24) is 48.5 Å². The van der Waals surface area contributed by atoms with Gasteiger partial charge in [0.15, 0.2) is 0 Å². The number of fused-ring (bicyclic) bond motifs is 6. The zero-order valence-corrected chi connectivity index (χ0v) is 46.2. The highest BCUT2D eigenvalue weighted by Crippen LogP contribution is 2.34. The fourth-order valence-electron chi connectivity index (χ4n) is 10.9. The summed E-state index contributed by atoms with van der Waals surface area (Å²) < 4.78 is 66.3. The van der Waals surface area contributed by atoms with Crippen molar-refractivity contribution in [3.05, 3.63) is 61.4 Å². The van der Waals surface area contributed by atoms with Crippen molar-refractivity contribution >= 4 is 58.6 Å². The SMILES string of the molecule is CCc1[nH]c2nc(N3CC4CC(C3)O4)nn2c(=O)c1N1CCN(C(=O)OC(C)(C)C)CC1.CCc1c(N2CCN(C(=O)OC(C)(C)C)CC2)c(=O)n2nc(N3CC4CC(C3)O4)nc2n1CC(=O)Nc1ccc(C(F)(F)F)cc1C. The van der Waals surface area contributed by atoms with Crippen LogP contribution in [0.5, 0.6) is 0 Å². The predicted octanol–water partition coefficient (Wildman–Crippen LogP) is 4.47. The molecule has 0 spiro atoms. The van der Waals surface area contributed by atoms with E-state index in [4.69, 9.17) is 23.9 Å². The lowest BCUT2D eigenvalue weighted by molar-refractivity contribution is -0.137. The maximum Gasteiger partial charge on any atom is 0.416 e. The Labute approximate surface area is 453 Å². The number of halogens is 3. The van der Waals surface area contributed by atoms with Gasteiger partial charge in [0.25, 0.3) is 11.1 Å². The van der Waals surface area contributed by atoms with Gasteiger partial charge < -0.3 is 63.2 Å². The van der Waals surface area contributed by atoms with Crippen molar-refractivity contribution in [2.75, 3.05) is 103 Å². The molecule has 4 bridgehead atoms. The number of rotatable bonds is 9. The molecular formula is C52H70F3N15O9. The van der Waals surface area contributed by atoms with Gasteiger partial charge in [0.2, 0.25) is 29.4 Å². The Bertz CT molecular complexity index is 3220. The minimum Gasteiger partial charge on any atom is -0.444 e. The Morgan fingerprint density at radius 3 is 1.63 bits per heavy atom. The number of carbonyl (C=O) groups is 3. The summed E-state index contributed by atoms with van der Waals surface area (Å²) in [6.45, 7) is 22.2. The van der Waals surface area contributed by atoms with Crippen LogP contribution in [0.3, 0.4) is 0 Å². The van der Waals surface area contributed by atoms with Crippen molar-refractivity contribution in [3.8, 4) is 0 Å². The van der Waals surface area contributed by atoms with Crippen molar-refractivity contribution in [1.29, 1.82) is 0 Å². The lowest BCUT2D eigenvalue weighted by atomic mass is 9.99. The van der Waals surface area contributed by atoms with Crippen molar-refractivity contribution in [2.24, 2.45) is 0 Å². The third-order valence-electron chi connectivity index (χ3n) is 14.8. The van der Waals surface area contributed by atoms with Crippen LogP contribution in [0.4, 0.5) is 51.7 Å². The molecular weight excluding hydrogens is 1040 g/mol. The number of aromatic nitrogens is 8. The molecule has 4 unspecified atom stereocenters. The zero-order chi connectivity index (χ0) is 56.5. The molecule has 79 heavy (non-hydrogen) atoms. The molecule has 2 N–H and O–H groups in total. The number of amides is 3. The van der Waals surface area contributed by atoms with E-state index in [0.717, 1.165) is 43.8 Å². The van der Waals surface area contributed by atoms with Crippen LogP contribution in [0.2, 0.25) is 0 Å². The Hall–Kier alpha value is -7.16. The molecule has 4 atom stereocenters. The van der Waals surface area contributed by atoms with Crippen LogP contribution in [0.15, 0.2) is 27.8 Å². The summed E-state index contributed by atoms with van der Waals surface area (Å²) in [5.74, 6) is 1.04. The van der Waals surface area contributed by atoms with E-state index >= 15 is 0 Å². The van der Waals surface area contributed by atoms with Gasteiger partial charge in [0, 0.05) is 103 Å². The first-order valence-electron chi connectivity index (χ1n) is 27.1. The van der Waals surface area contributed by atoms with E-state index in [1.165, 1.54) is 22.0 Å². The molecule has 3 amide bonds. The smallest absolute Gasteiger partial charge is 0.416 e. The van der Waals surface area contributed by atoms with Crippen molar-refractivity contribution in [3.63, 3.8) is 0 Å². The quantitative estimate of drug-likeness (QED) is 0.207. The number of H-pyrrole nitrogens is 1. The molecule has 13 rings (SSSR count). The molecule has 4 aromatic heterocycles. The van der Waals surface area contributed by atoms with E-state index in [-0.39, 0.29) is 59.6 Å². The molecule has 8 aliphatic rings. The highest BCUT2D eigenvalue weighted by atomic mass is 19.4. The first kappa shape index (κ1) is 55.2. The van der Waals surface area contributed by atoms with Gasteiger partial charge in [0.1, 0.15) is 29.1 Å². The van der Waals surface area contributed by atoms with Gasteiger partial charge in [-0.15, -0.1) is 10.2 Å². The second kappa shape index (κ2) is 21.1. The number of morpholine rings is 2. The van der Waals surface area contributed by atoms with Crippen LogP contribution in [-0.2, 0) is 49.3 Å². The number of aromatic amines is 1. The maximum absolute atomic E-state index is 14.1. The zero-order valence-electron chi connectivity index (χ0n) is 46.2. The number of carbonyl (C=O) groups excluding carboxylic acids is 3. The molecule has 5 aromatic rings. The number of alkyl halides is 3. The summed E-state index contributed by atoms with van der Waals surface area (Å²) in [5, 5.41) is 11.8. The lowest BCUT2D eigenvalue weighted by Gasteiger charge is -2.46. The second-order valence-electron chi connectivity index (χ2n) is 22.9. The molecule has 27 heteroatoms. The van der Waals surface area contributed by atoms with E-state index in [9.17, 15) is 37.1 Å². The molecule has 8 fully saturated rings. The standard InChI is InChI=1S/C31H39F3N8O5.C21H31N7O4/c1-6-23-25(38-9-11-39(12-10-38)29(45)47-30(3,4)5)26(44)42-28(36-27(37-42)40-15-20-14-21(16-40)46-20)41(23)17-24(43)35-22-8-7-19(13-18(22)2)31(32,33)34;1-5-15-16(25-6-8-26(9-7-25)20(30)32-21(2,3)4)17(29)28-18(22-15)23-19(24-28)27-11-13-10-14(12-27)31-13/h7-8,13,20-21H,6,9-12,14-17H2,1-5H3,(H,35,43);13-14H,5-12H2,1-4H3,(H,22,23,24). The van der Waals surface area contributed by atoms with E-state index < -0.39 is 40.5 Å². The Kier molecular flexibility index (Phi) is 14.8. The molecule has 428 valence electrons. The van der Waals surface area contributed by atoms with Crippen molar-refractivity contribution < 1.29 is 46.5 Å². The minimum absolute atomic E-state index is 0.0694. The summed E-state index contributed by atoms with van der Waals surface area (Å²) >= 11 is 0. The Morgan fingerprint density at radius 2 is 1.16 bits per heavy atom. The predicted molar refractivity (Wildman–Crippen MR) is 285 cm³/mol. The Balaban J connectivity index is 0.000000191. The maximum atomic E-state index is 14.1. The highest BCUT2D eigenvalue weighted by molar-refractivity contribution is 5.92. The van der Waals surface area contributed by atoms with Crippen LogP contribution in [0, 0.1) is 6.92 Å². The number of hydrogen-bond donors (Lipinski definition) is 2. The number of ether oxygens (including phenoxy) is 4. The average Bonchev–Trinajstić information content (AvgIpc) is 4.29. The number of piperazine rings is 2. The summed E-state index contributed by atoms with van der Waals surface area (Å²) in [6, 6.07) is 3.13. The first-order chi connectivity index (χ1) is 37.3. The van der Waals surface area contributed by atoms with Gasteiger partial charge in [-0.1, -0.05) is 13.8 Å². The van der Waals surface area contributed by atoms with Crippen LogP contribution < -0.4 is 36.0 Å². The molecule has 1 aromatic carbocycles. The van der Waals surface area contributed by atoms with E-state index in [1.807, 2.05) is 49.3 Å². The first-order valence-corrected chi connectivity index (χ1v) is 27.1. The van der Waals surface area contributed by atoms with Gasteiger partial charge in [0.05, 0.1) is 35.7 Å². The topological polar surface area (TPSA) is 235 Å². The molecule has 24 nitrogen and oxygen atoms in total. The summed E-state index contributed by atoms with van der Waals surface area (Å²) in [7, 11) is 0. The summed E-state index contributed by atoms with van der Waals surface area (Å²) in [5.41, 5.74) is 0.275. The second-order valence-corrected chi connectivity index (χ2v) is 22.9. The number of anilines is 5.